The lowest BCUT2D eigenvalue weighted by Crippen LogP contribution is -2.13. The van der Waals surface area contributed by atoms with Crippen molar-refractivity contribution in [2.75, 3.05) is 18.5 Å². The van der Waals surface area contributed by atoms with Crippen molar-refractivity contribution in [2.24, 2.45) is 0 Å². The molecule has 0 aliphatic rings. The van der Waals surface area contributed by atoms with Gasteiger partial charge in [0.2, 0.25) is 0 Å². The minimum absolute atomic E-state index is 0.105. The Morgan fingerprint density at radius 3 is 2.14 bits per heavy atom. The number of amides is 1. The highest BCUT2D eigenvalue weighted by molar-refractivity contribution is 6.05. The summed E-state index contributed by atoms with van der Waals surface area (Å²) in [6, 6.07) is 22.3. The lowest BCUT2D eigenvalue weighted by molar-refractivity contribution is 0.0696. The number of aromatic carboxylic acids is 1. The Balaban J connectivity index is 1.55. The molecule has 0 radical (unpaired) electrons. The Kier molecular flexibility index (Phi) is 6.25. The minimum atomic E-state index is -1.05. The molecule has 0 unspecified atom stereocenters. The largest absolute Gasteiger partial charge is 0.490 e. The van der Waals surface area contributed by atoms with Crippen LogP contribution in [-0.4, -0.2) is 30.2 Å². The summed E-state index contributed by atoms with van der Waals surface area (Å²) < 4.78 is 11.2. The standard InChI is InChI=1S/C22H19NO5/c24-21(23-18-8-4-7-17(14-18)22(25)26)16-6-5-11-20(15-16)28-13-12-27-19-9-2-1-3-10-19/h1-11,14-15H,12-13H2,(H,23,24)(H,25,26). The monoisotopic (exact) mass is 377 g/mol. The summed E-state index contributed by atoms with van der Waals surface area (Å²) in [5.74, 6) is -0.0934. The van der Waals surface area contributed by atoms with E-state index in [4.69, 9.17) is 14.6 Å². The Morgan fingerprint density at radius 2 is 1.39 bits per heavy atom. The van der Waals surface area contributed by atoms with Gasteiger partial charge in [-0.1, -0.05) is 30.3 Å². The van der Waals surface area contributed by atoms with Crippen LogP contribution in [0.15, 0.2) is 78.9 Å². The predicted octanol–water partition coefficient (Wildman–Crippen LogP) is 4.09. The molecule has 0 heterocycles. The number of carbonyl (C=O) groups is 2. The van der Waals surface area contributed by atoms with Crippen LogP contribution in [0.25, 0.3) is 0 Å². The zero-order valence-corrected chi connectivity index (χ0v) is 15.0. The second-order valence-corrected chi connectivity index (χ2v) is 5.88. The number of hydrogen-bond acceptors (Lipinski definition) is 4. The number of ether oxygens (including phenoxy) is 2. The van der Waals surface area contributed by atoms with Gasteiger partial charge in [-0.3, -0.25) is 4.79 Å². The Bertz CT molecular complexity index is 956. The van der Waals surface area contributed by atoms with Crippen LogP contribution < -0.4 is 14.8 Å². The number of para-hydroxylation sites is 1. The number of rotatable bonds is 8. The average molecular weight is 377 g/mol. The van der Waals surface area contributed by atoms with Crippen molar-refractivity contribution in [1.82, 2.24) is 0 Å². The second-order valence-electron chi connectivity index (χ2n) is 5.88. The number of carboxylic acid groups (broad SMARTS) is 1. The van der Waals surface area contributed by atoms with Gasteiger partial charge in [-0.2, -0.15) is 0 Å². The predicted molar refractivity (Wildman–Crippen MR) is 105 cm³/mol. The van der Waals surface area contributed by atoms with Crippen molar-refractivity contribution in [2.45, 2.75) is 0 Å². The van der Waals surface area contributed by atoms with Crippen molar-refractivity contribution in [3.05, 3.63) is 90.0 Å². The van der Waals surface area contributed by atoms with Gasteiger partial charge in [0.05, 0.1) is 5.56 Å². The Morgan fingerprint density at radius 1 is 0.750 bits per heavy atom. The van der Waals surface area contributed by atoms with E-state index in [9.17, 15) is 9.59 Å². The maximum Gasteiger partial charge on any atom is 0.335 e. The van der Waals surface area contributed by atoms with Crippen LogP contribution >= 0.6 is 0 Å². The van der Waals surface area contributed by atoms with Gasteiger partial charge in [0.25, 0.3) is 5.91 Å². The van der Waals surface area contributed by atoms with Crippen molar-refractivity contribution in [1.29, 1.82) is 0 Å². The first-order valence-corrected chi connectivity index (χ1v) is 8.67. The molecule has 0 aliphatic heterocycles. The summed E-state index contributed by atoms with van der Waals surface area (Å²) in [4.78, 5) is 23.5. The summed E-state index contributed by atoms with van der Waals surface area (Å²) in [6.07, 6.45) is 0. The molecule has 28 heavy (non-hydrogen) atoms. The van der Waals surface area contributed by atoms with E-state index in [0.29, 0.717) is 30.2 Å². The molecule has 6 heteroatoms. The second kappa shape index (κ2) is 9.23. The van der Waals surface area contributed by atoms with Gasteiger partial charge < -0.3 is 19.9 Å². The maximum atomic E-state index is 12.4. The third kappa shape index (κ3) is 5.35. The smallest absolute Gasteiger partial charge is 0.335 e. The van der Waals surface area contributed by atoms with E-state index in [1.165, 1.54) is 12.1 Å². The minimum Gasteiger partial charge on any atom is -0.490 e. The molecular weight excluding hydrogens is 358 g/mol. The molecule has 3 rings (SSSR count). The van der Waals surface area contributed by atoms with Crippen molar-refractivity contribution in [3.63, 3.8) is 0 Å². The number of nitrogens with one attached hydrogen (secondary N) is 1. The van der Waals surface area contributed by atoms with Gasteiger partial charge >= 0.3 is 5.97 Å². The highest BCUT2D eigenvalue weighted by atomic mass is 16.5. The summed E-state index contributed by atoms with van der Waals surface area (Å²) in [5.41, 5.74) is 0.919. The number of benzene rings is 3. The van der Waals surface area contributed by atoms with E-state index in [-0.39, 0.29) is 11.5 Å². The fraction of sp³-hybridized carbons (Fsp3) is 0.0909. The molecule has 3 aromatic rings. The van der Waals surface area contributed by atoms with Crippen LogP contribution in [-0.2, 0) is 0 Å². The van der Waals surface area contributed by atoms with Gasteiger partial charge in [-0.05, 0) is 48.5 Å². The molecule has 1 amide bonds. The molecule has 0 saturated carbocycles. The van der Waals surface area contributed by atoms with Crippen LogP contribution in [0.4, 0.5) is 5.69 Å². The summed E-state index contributed by atoms with van der Waals surface area (Å²) in [5, 5.41) is 11.7. The first kappa shape index (κ1) is 19.0. The topological polar surface area (TPSA) is 84.9 Å². The number of carbonyl (C=O) groups excluding carboxylic acids is 1. The first-order chi connectivity index (χ1) is 13.6. The zero-order valence-electron chi connectivity index (χ0n) is 15.0. The van der Waals surface area contributed by atoms with Gasteiger partial charge in [-0.25, -0.2) is 4.79 Å². The normalized spacial score (nSPS) is 10.1. The van der Waals surface area contributed by atoms with E-state index in [0.717, 1.165) is 5.75 Å². The number of hydrogen-bond donors (Lipinski definition) is 2. The maximum absolute atomic E-state index is 12.4. The third-order valence-corrected chi connectivity index (χ3v) is 3.83. The summed E-state index contributed by atoms with van der Waals surface area (Å²) in [6.45, 7) is 0.711. The molecule has 6 nitrogen and oxygen atoms in total. The zero-order chi connectivity index (χ0) is 19.8. The molecule has 0 aliphatic carbocycles. The van der Waals surface area contributed by atoms with Crippen molar-refractivity contribution in [3.8, 4) is 11.5 Å². The van der Waals surface area contributed by atoms with Crippen molar-refractivity contribution < 1.29 is 24.2 Å². The molecular formula is C22H19NO5. The van der Waals surface area contributed by atoms with E-state index in [1.807, 2.05) is 30.3 Å². The lowest BCUT2D eigenvalue weighted by atomic mass is 10.1. The Hall–Kier alpha value is -3.80. The van der Waals surface area contributed by atoms with Crippen LogP contribution in [0, 0.1) is 0 Å². The van der Waals surface area contributed by atoms with E-state index >= 15 is 0 Å². The van der Waals surface area contributed by atoms with Crippen LogP contribution in [0.3, 0.4) is 0 Å². The van der Waals surface area contributed by atoms with Crippen LogP contribution in [0.2, 0.25) is 0 Å². The molecule has 0 spiro atoms. The van der Waals surface area contributed by atoms with E-state index in [2.05, 4.69) is 5.32 Å². The lowest BCUT2D eigenvalue weighted by Gasteiger charge is -2.10. The molecule has 0 saturated heterocycles. The highest BCUT2D eigenvalue weighted by Crippen LogP contribution is 2.17. The average Bonchev–Trinajstić information content (AvgIpc) is 2.72. The molecule has 0 fully saturated rings. The third-order valence-electron chi connectivity index (χ3n) is 3.83. The molecule has 3 aromatic carbocycles. The van der Waals surface area contributed by atoms with Gasteiger partial charge in [0.1, 0.15) is 24.7 Å². The Labute approximate surface area is 162 Å². The van der Waals surface area contributed by atoms with E-state index < -0.39 is 5.97 Å². The molecule has 0 atom stereocenters. The summed E-state index contributed by atoms with van der Waals surface area (Å²) in [7, 11) is 0. The quantitative estimate of drug-likeness (QED) is 0.578. The SMILES string of the molecule is O=C(O)c1cccc(NC(=O)c2cccc(OCCOc3ccccc3)c2)c1. The number of carboxylic acids is 1. The highest BCUT2D eigenvalue weighted by Gasteiger charge is 2.09. The van der Waals surface area contributed by atoms with Gasteiger partial charge in [0.15, 0.2) is 0 Å². The fourth-order valence-electron chi connectivity index (χ4n) is 2.50. The molecule has 0 bridgehead atoms. The fourth-order valence-corrected chi connectivity index (χ4v) is 2.50. The van der Waals surface area contributed by atoms with Crippen molar-refractivity contribution >= 4 is 17.6 Å². The molecule has 142 valence electrons. The number of anilines is 1. The molecule has 0 aromatic heterocycles. The summed E-state index contributed by atoms with van der Waals surface area (Å²) >= 11 is 0. The van der Waals surface area contributed by atoms with Crippen LogP contribution in [0.1, 0.15) is 20.7 Å². The van der Waals surface area contributed by atoms with Gasteiger partial charge in [0, 0.05) is 11.3 Å². The van der Waals surface area contributed by atoms with Crippen LogP contribution in [0.5, 0.6) is 11.5 Å². The first-order valence-electron chi connectivity index (χ1n) is 8.67. The van der Waals surface area contributed by atoms with Gasteiger partial charge in [-0.15, -0.1) is 0 Å². The van der Waals surface area contributed by atoms with E-state index in [1.54, 1.807) is 36.4 Å². The molecule has 2 N–H and O–H groups in total.